The molecule has 0 spiro atoms. The molecule has 0 amide bonds. The summed E-state index contributed by atoms with van der Waals surface area (Å²) in [7, 11) is 0. The number of aromatic nitrogens is 1. The number of halogens is 2. The lowest BCUT2D eigenvalue weighted by atomic mass is 9.92. The van der Waals surface area contributed by atoms with E-state index in [9.17, 15) is 0 Å². The summed E-state index contributed by atoms with van der Waals surface area (Å²) in [6, 6.07) is 0. The standard InChI is InChI=1S/C8H11BrClNS/c1-8(2,5-9)3-6-4-11-7(10)12-6/h4H,3,5H2,1-2H3. The molecule has 0 fully saturated rings. The van der Waals surface area contributed by atoms with Crippen molar-refractivity contribution in [3.8, 4) is 0 Å². The van der Waals surface area contributed by atoms with Crippen LogP contribution in [0.5, 0.6) is 0 Å². The summed E-state index contributed by atoms with van der Waals surface area (Å²) >= 11 is 10.8. The van der Waals surface area contributed by atoms with Crippen LogP contribution < -0.4 is 0 Å². The van der Waals surface area contributed by atoms with Crippen molar-refractivity contribution in [3.63, 3.8) is 0 Å². The second-order valence-electron chi connectivity index (χ2n) is 3.55. The van der Waals surface area contributed by atoms with Crippen molar-refractivity contribution >= 4 is 38.9 Å². The first-order valence-corrected chi connectivity index (χ1v) is 6.01. The highest BCUT2D eigenvalue weighted by molar-refractivity contribution is 9.09. The first-order valence-electron chi connectivity index (χ1n) is 3.70. The van der Waals surface area contributed by atoms with Crippen molar-refractivity contribution in [2.75, 3.05) is 5.33 Å². The molecule has 68 valence electrons. The second kappa shape index (κ2) is 4.07. The van der Waals surface area contributed by atoms with E-state index >= 15 is 0 Å². The Hall–Kier alpha value is 0.400. The molecule has 0 aliphatic heterocycles. The van der Waals surface area contributed by atoms with Gasteiger partial charge in [-0.25, -0.2) is 4.98 Å². The molecule has 1 aromatic heterocycles. The van der Waals surface area contributed by atoms with E-state index in [1.54, 1.807) is 11.3 Å². The molecule has 0 N–H and O–H groups in total. The van der Waals surface area contributed by atoms with E-state index in [0.717, 1.165) is 11.8 Å². The van der Waals surface area contributed by atoms with Gasteiger partial charge in [0.1, 0.15) is 0 Å². The number of rotatable bonds is 3. The molecule has 0 radical (unpaired) electrons. The summed E-state index contributed by atoms with van der Waals surface area (Å²) in [6.07, 6.45) is 2.89. The van der Waals surface area contributed by atoms with Crippen LogP contribution in [-0.2, 0) is 6.42 Å². The van der Waals surface area contributed by atoms with Crippen LogP contribution in [0, 0.1) is 5.41 Å². The van der Waals surface area contributed by atoms with Gasteiger partial charge in [0.05, 0.1) is 0 Å². The summed E-state index contributed by atoms with van der Waals surface area (Å²) in [4.78, 5) is 5.26. The smallest absolute Gasteiger partial charge is 0.183 e. The molecule has 0 saturated heterocycles. The summed E-state index contributed by atoms with van der Waals surface area (Å²) < 4.78 is 0.635. The van der Waals surface area contributed by atoms with Gasteiger partial charge in [0.25, 0.3) is 0 Å². The predicted octanol–water partition coefficient (Wildman–Crippen LogP) is 3.76. The van der Waals surface area contributed by atoms with Gasteiger partial charge in [0.2, 0.25) is 0 Å². The lowest BCUT2D eigenvalue weighted by Gasteiger charge is -2.19. The van der Waals surface area contributed by atoms with Crippen LogP contribution in [0.2, 0.25) is 4.47 Å². The summed E-state index contributed by atoms with van der Waals surface area (Å²) in [5.74, 6) is 0. The zero-order chi connectivity index (χ0) is 9.19. The zero-order valence-electron chi connectivity index (χ0n) is 7.10. The first kappa shape index (κ1) is 10.5. The third-order valence-corrected chi connectivity index (χ3v) is 4.17. The quantitative estimate of drug-likeness (QED) is 0.761. The average Bonchev–Trinajstić information content (AvgIpc) is 2.35. The Bertz CT molecular complexity index is 259. The Morgan fingerprint density at radius 3 is 2.75 bits per heavy atom. The van der Waals surface area contributed by atoms with Gasteiger partial charge >= 0.3 is 0 Å². The van der Waals surface area contributed by atoms with Crippen LogP contribution in [0.15, 0.2) is 6.20 Å². The van der Waals surface area contributed by atoms with Crippen LogP contribution >= 0.6 is 38.9 Å². The molecule has 0 aliphatic carbocycles. The van der Waals surface area contributed by atoms with E-state index in [-0.39, 0.29) is 5.41 Å². The Balaban J connectivity index is 2.63. The third kappa shape index (κ3) is 3.04. The van der Waals surface area contributed by atoms with E-state index in [2.05, 4.69) is 34.8 Å². The first-order chi connectivity index (χ1) is 5.53. The van der Waals surface area contributed by atoms with Crippen molar-refractivity contribution in [2.45, 2.75) is 20.3 Å². The molecule has 0 aliphatic rings. The van der Waals surface area contributed by atoms with Crippen molar-refractivity contribution in [1.82, 2.24) is 4.98 Å². The van der Waals surface area contributed by atoms with Crippen molar-refractivity contribution in [1.29, 1.82) is 0 Å². The molecule has 0 bridgehead atoms. The van der Waals surface area contributed by atoms with Crippen LogP contribution in [0.4, 0.5) is 0 Å². The molecular weight excluding hydrogens is 258 g/mol. The maximum absolute atomic E-state index is 5.73. The molecule has 0 aromatic carbocycles. The van der Waals surface area contributed by atoms with Gasteiger partial charge < -0.3 is 0 Å². The summed E-state index contributed by atoms with van der Waals surface area (Å²) in [5, 5.41) is 0.996. The number of alkyl halides is 1. The minimum absolute atomic E-state index is 0.288. The van der Waals surface area contributed by atoms with Crippen LogP contribution in [-0.4, -0.2) is 10.3 Å². The number of hydrogen-bond acceptors (Lipinski definition) is 2. The summed E-state index contributed by atoms with van der Waals surface area (Å²) in [5.41, 5.74) is 0.288. The Morgan fingerprint density at radius 2 is 2.33 bits per heavy atom. The highest BCUT2D eigenvalue weighted by Gasteiger charge is 2.17. The third-order valence-electron chi connectivity index (χ3n) is 1.54. The molecule has 1 aromatic rings. The highest BCUT2D eigenvalue weighted by Crippen LogP contribution is 2.28. The molecule has 12 heavy (non-hydrogen) atoms. The maximum Gasteiger partial charge on any atom is 0.183 e. The van der Waals surface area contributed by atoms with Crippen LogP contribution in [0.25, 0.3) is 0 Å². The minimum atomic E-state index is 0.288. The Labute approximate surface area is 90.3 Å². The second-order valence-corrected chi connectivity index (χ2v) is 5.81. The average molecular weight is 269 g/mol. The maximum atomic E-state index is 5.73. The molecular formula is C8H11BrClNS. The summed E-state index contributed by atoms with van der Waals surface area (Å²) in [6.45, 7) is 4.44. The minimum Gasteiger partial charge on any atom is -0.233 e. The van der Waals surface area contributed by atoms with Gasteiger partial charge in [-0.05, 0) is 11.8 Å². The van der Waals surface area contributed by atoms with E-state index in [4.69, 9.17) is 11.6 Å². The molecule has 1 heterocycles. The highest BCUT2D eigenvalue weighted by atomic mass is 79.9. The van der Waals surface area contributed by atoms with Crippen molar-refractivity contribution in [3.05, 3.63) is 15.5 Å². The lowest BCUT2D eigenvalue weighted by molar-refractivity contribution is 0.428. The van der Waals surface area contributed by atoms with Gasteiger partial charge in [0, 0.05) is 16.4 Å². The Morgan fingerprint density at radius 1 is 1.67 bits per heavy atom. The van der Waals surface area contributed by atoms with E-state index in [0.29, 0.717) is 4.47 Å². The normalized spacial score (nSPS) is 12.0. The SMILES string of the molecule is CC(C)(CBr)Cc1cnc(Cl)s1. The van der Waals surface area contributed by atoms with E-state index < -0.39 is 0 Å². The molecule has 0 unspecified atom stereocenters. The van der Waals surface area contributed by atoms with E-state index in [1.807, 2.05) is 6.20 Å². The monoisotopic (exact) mass is 267 g/mol. The van der Waals surface area contributed by atoms with Crippen molar-refractivity contribution in [2.24, 2.45) is 5.41 Å². The molecule has 1 rings (SSSR count). The number of thiazole rings is 1. The predicted molar refractivity (Wildman–Crippen MR) is 58.4 cm³/mol. The van der Waals surface area contributed by atoms with Crippen molar-refractivity contribution < 1.29 is 0 Å². The largest absolute Gasteiger partial charge is 0.233 e. The molecule has 4 heteroatoms. The van der Waals surface area contributed by atoms with Gasteiger partial charge in [-0.1, -0.05) is 41.4 Å². The van der Waals surface area contributed by atoms with E-state index in [1.165, 1.54) is 4.88 Å². The number of nitrogens with zero attached hydrogens (tertiary/aromatic N) is 1. The van der Waals surface area contributed by atoms with Gasteiger partial charge in [0.15, 0.2) is 4.47 Å². The van der Waals surface area contributed by atoms with Crippen LogP contribution in [0.3, 0.4) is 0 Å². The topological polar surface area (TPSA) is 12.9 Å². The zero-order valence-corrected chi connectivity index (χ0v) is 10.3. The van der Waals surface area contributed by atoms with Gasteiger partial charge in [-0.2, -0.15) is 0 Å². The number of hydrogen-bond donors (Lipinski definition) is 0. The molecule has 0 saturated carbocycles. The lowest BCUT2D eigenvalue weighted by Crippen LogP contribution is -2.15. The Kier molecular flexibility index (Phi) is 3.56. The molecule has 0 atom stereocenters. The van der Waals surface area contributed by atoms with Gasteiger partial charge in [-0.3, -0.25) is 0 Å². The molecule has 1 nitrogen and oxygen atoms in total. The fourth-order valence-electron chi connectivity index (χ4n) is 0.884. The van der Waals surface area contributed by atoms with Crippen LogP contribution in [0.1, 0.15) is 18.7 Å². The van der Waals surface area contributed by atoms with Gasteiger partial charge in [-0.15, -0.1) is 11.3 Å². The fraction of sp³-hybridized carbons (Fsp3) is 0.625. The fourth-order valence-corrected chi connectivity index (χ4v) is 2.32.